The van der Waals surface area contributed by atoms with E-state index in [1.807, 2.05) is 0 Å². The van der Waals surface area contributed by atoms with Gasteiger partial charge in [0.2, 0.25) is 0 Å². The second-order valence-corrected chi connectivity index (χ2v) is 6.71. The van der Waals surface area contributed by atoms with E-state index in [0.717, 1.165) is 18.6 Å². The van der Waals surface area contributed by atoms with Gasteiger partial charge in [-0.1, -0.05) is 46.0 Å². The zero-order chi connectivity index (χ0) is 9.52. The van der Waals surface area contributed by atoms with Gasteiger partial charge in [-0.15, -0.1) is 0 Å². The van der Waals surface area contributed by atoms with Crippen LogP contribution >= 0.6 is 0 Å². The molecule has 0 unspecified atom stereocenters. The highest BCUT2D eigenvalue weighted by Gasteiger charge is 2.23. The third-order valence-corrected chi connectivity index (χ3v) is 6.27. The lowest BCUT2D eigenvalue weighted by molar-refractivity contribution is 0.487. The number of nitrogens with one attached hydrogen (secondary N) is 2. The topological polar surface area (TPSA) is 24.1 Å². The van der Waals surface area contributed by atoms with Crippen molar-refractivity contribution in [2.24, 2.45) is 0 Å². The van der Waals surface area contributed by atoms with E-state index in [2.05, 4.69) is 23.8 Å². The van der Waals surface area contributed by atoms with E-state index in [9.17, 15) is 0 Å². The predicted octanol–water partition coefficient (Wildman–Crippen LogP) is 1.76. The molecule has 0 aromatic carbocycles. The Balaban J connectivity index is 2.32. The average molecular weight is 200 g/mol. The van der Waals surface area contributed by atoms with Gasteiger partial charge in [-0.25, -0.2) is 0 Å². The molecule has 13 heavy (non-hydrogen) atoms. The Hall–Kier alpha value is 0.137. The highest BCUT2D eigenvalue weighted by molar-refractivity contribution is 6.55. The molecule has 1 saturated carbocycles. The molecule has 0 bridgehead atoms. The van der Waals surface area contributed by atoms with E-state index >= 15 is 0 Å². The lowest BCUT2D eigenvalue weighted by Gasteiger charge is -2.29. The van der Waals surface area contributed by atoms with Gasteiger partial charge in [0.1, 0.15) is 0 Å². The summed E-state index contributed by atoms with van der Waals surface area (Å²) in [4.78, 5) is 7.36. The Morgan fingerprint density at radius 3 is 2.00 bits per heavy atom. The van der Waals surface area contributed by atoms with Gasteiger partial charge in [0, 0.05) is 0 Å². The fourth-order valence-electron chi connectivity index (χ4n) is 2.31. The first kappa shape index (κ1) is 11.2. The van der Waals surface area contributed by atoms with E-state index in [1.54, 1.807) is 0 Å². The van der Waals surface area contributed by atoms with Gasteiger partial charge >= 0.3 is 0 Å². The maximum Gasteiger partial charge on any atom is 0.187 e. The molecule has 0 atom stereocenters. The van der Waals surface area contributed by atoms with Crippen LogP contribution in [0.25, 0.3) is 0 Å². The predicted molar refractivity (Wildman–Crippen MR) is 61.3 cm³/mol. The van der Waals surface area contributed by atoms with Crippen molar-refractivity contribution in [2.45, 2.75) is 51.5 Å². The molecular weight excluding hydrogens is 176 g/mol. The standard InChI is InChI=1S/C10H24N2Si/c1-3-11-13(12-4-2)10-8-6-5-7-9-10/h10-13H,3-9H2,1-2H3. The second kappa shape index (κ2) is 6.57. The fraction of sp³-hybridized carbons (Fsp3) is 1.00. The number of hydrogen-bond donors (Lipinski definition) is 2. The lowest BCUT2D eigenvalue weighted by Crippen LogP contribution is -2.51. The zero-order valence-corrected chi connectivity index (χ0v) is 10.3. The van der Waals surface area contributed by atoms with E-state index in [4.69, 9.17) is 0 Å². The largest absolute Gasteiger partial charge is 0.328 e. The molecule has 1 aliphatic carbocycles. The summed E-state index contributed by atoms with van der Waals surface area (Å²) in [5.74, 6) is 0. The molecule has 0 aromatic heterocycles. The maximum atomic E-state index is 3.68. The number of rotatable bonds is 5. The van der Waals surface area contributed by atoms with Gasteiger partial charge in [-0.2, -0.15) is 0 Å². The zero-order valence-electron chi connectivity index (χ0n) is 9.10. The van der Waals surface area contributed by atoms with Crippen LogP contribution in [0.4, 0.5) is 0 Å². The van der Waals surface area contributed by atoms with Crippen LogP contribution < -0.4 is 9.96 Å². The monoisotopic (exact) mass is 200 g/mol. The molecule has 1 fully saturated rings. The summed E-state index contributed by atoms with van der Waals surface area (Å²) >= 11 is 0. The maximum absolute atomic E-state index is 3.68. The molecule has 78 valence electrons. The van der Waals surface area contributed by atoms with E-state index in [1.165, 1.54) is 32.1 Å². The Morgan fingerprint density at radius 2 is 1.54 bits per heavy atom. The molecule has 0 amide bonds. The molecule has 0 heterocycles. The molecular formula is C10H24N2Si. The molecule has 1 aliphatic rings. The third-order valence-electron chi connectivity index (χ3n) is 2.97. The SMILES string of the molecule is CCN[SiH](NCC)C1CCCCC1. The minimum Gasteiger partial charge on any atom is -0.328 e. The van der Waals surface area contributed by atoms with E-state index < -0.39 is 9.12 Å². The van der Waals surface area contributed by atoms with Crippen LogP contribution in [-0.4, -0.2) is 22.2 Å². The first-order valence-electron chi connectivity index (χ1n) is 5.85. The van der Waals surface area contributed by atoms with Crippen LogP contribution in [0.1, 0.15) is 46.0 Å². The van der Waals surface area contributed by atoms with E-state index in [-0.39, 0.29) is 0 Å². The van der Waals surface area contributed by atoms with Gasteiger partial charge in [-0.05, 0) is 18.6 Å². The first-order valence-corrected chi connectivity index (χ1v) is 7.67. The number of hydrogen-bond acceptors (Lipinski definition) is 2. The van der Waals surface area contributed by atoms with Crippen molar-refractivity contribution in [1.82, 2.24) is 9.96 Å². The Labute approximate surface area is 84.3 Å². The average Bonchev–Trinajstić information content (AvgIpc) is 2.19. The van der Waals surface area contributed by atoms with Crippen LogP contribution in [0, 0.1) is 0 Å². The second-order valence-electron chi connectivity index (χ2n) is 3.99. The lowest BCUT2D eigenvalue weighted by atomic mass is 10.0. The molecule has 0 aliphatic heterocycles. The van der Waals surface area contributed by atoms with Gasteiger partial charge in [0.05, 0.1) is 0 Å². The van der Waals surface area contributed by atoms with Crippen LogP contribution in [0.15, 0.2) is 0 Å². The van der Waals surface area contributed by atoms with Gasteiger partial charge in [0.15, 0.2) is 9.12 Å². The summed E-state index contributed by atoms with van der Waals surface area (Å²) in [5, 5.41) is 0. The van der Waals surface area contributed by atoms with E-state index in [0.29, 0.717) is 0 Å². The molecule has 0 saturated heterocycles. The third kappa shape index (κ3) is 3.79. The molecule has 0 spiro atoms. The van der Waals surface area contributed by atoms with Crippen molar-refractivity contribution in [3.8, 4) is 0 Å². The van der Waals surface area contributed by atoms with Gasteiger partial charge in [-0.3, -0.25) is 0 Å². The molecule has 2 N–H and O–H groups in total. The van der Waals surface area contributed by atoms with Crippen LogP contribution in [-0.2, 0) is 0 Å². The fourth-order valence-corrected chi connectivity index (χ4v) is 5.14. The van der Waals surface area contributed by atoms with Crippen molar-refractivity contribution in [3.05, 3.63) is 0 Å². The van der Waals surface area contributed by atoms with Crippen molar-refractivity contribution >= 4 is 9.12 Å². The summed E-state index contributed by atoms with van der Waals surface area (Å²) in [6, 6.07) is 0. The molecule has 0 radical (unpaired) electrons. The van der Waals surface area contributed by atoms with Crippen LogP contribution in [0.5, 0.6) is 0 Å². The van der Waals surface area contributed by atoms with Crippen LogP contribution in [0.2, 0.25) is 5.54 Å². The van der Waals surface area contributed by atoms with Crippen molar-refractivity contribution in [2.75, 3.05) is 13.1 Å². The van der Waals surface area contributed by atoms with Crippen LogP contribution in [0.3, 0.4) is 0 Å². The summed E-state index contributed by atoms with van der Waals surface area (Å²) in [6.07, 6.45) is 7.33. The summed E-state index contributed by atoms with van der Waals surface area (Å²) in [5.41, 5.74) is 1.01. The van der Waals surface area contributed by atoms with Gasteiger partial charge < -0.3 is 9.96 Å². The van der Waals surface area contributed by atoms with Crippen molar-refractivity contribution in [1.29, 1.82) is 0 Å². The van der Waals surface area contributed by atoms with Gasteiger partial charge in [0.25, 0.3) is 0 Å². The normalized spacial score (nSPS) is 19.6. The van der Waals surface area contributed by atoms with Crippen molar-refractivity contribution < 1.29 is 0 Å². The van der Waals surface area contributed by atoms with Crippen molar-refractivity contribution in [3.63, 3.8) is 0 Å². The minimum absolute atomic E-state index is 0.815. The molecule has 0 aromatic rings. The summed E-state index contributed by atoms with van der Waals surface area (Å²) < 4.78 is 0. The summed E-state index contributed by atoms with van der Waals surface area (Å²) in [6.45, 7) is 6.72. The molecule has 3 heteroatoms. The Bertz CT molecular complexity index is 118. The minimum atomic E-state index is -0.815. The highest BCUT2D eigenvalue weighted by atomic mass is 28.3. The Morgan fingerprint density at radius 1 is 1.00 bits per heavy atom. The quantitative estimate of drug-likeness (QED) is 0.661. The Kier molecular flexibility index (Phi) is 5.67. The molecule has 2 nitrogen and oxygen atoms in total. The smallest absolute Gasteiger partial charge is 0.187 e. The summed E-state index contributed by atoms with van der Waals surface area (Å²) in [7, 11) is -0.815. The first-order chi connectivity index (χ1) is 6.38. The molecule has 1 rings (SSSR count). The highest BCUT2D eigenvalue weighted by Crippen LogP contribution is 2.29.